The molecule has 7 aromatic carbocycles. The fourth-order valence-electron chi connectivity index (χ4n) is 7.18. The number of pyridine rings is 1. The van der Waals surface area contributed by atoms with Gasteiger partial charge in [0.05, 0.1) is 28.0 Å². The van der Waals surface area contributed by atoms with Gasteiger partial charge in [-0.2, -0.15) is 0 Å². The third-order valence-electron chi connectivity index (χ3n) is 9.69. The first kappa shape index (κ1) is 29.0. The third kappa shape index (κ3) is 5.04. The van der Waals surface area contributed by atoms with Gasteiger partial charge in [0, 0.05) is 33.0 Å². The second-order valence-electron chi connectivity index (χ2n) is 12.8. The maximum Gasteiger partial charge on any atom is 0.160 e. The van der Waals surface area contributed by atoms with E-state index in [9.17, 15) is 0 Å². The van der Waals surface area contributed by atoms with Crippen LogP contribution in [0.2, 0.25) is 0 Å². The predicted molar refractivity (Wildman–Crippen MR) is 209 cm³/mol. The zero-order chi connectivity index (χ0) is 33.7. The van der Waals surface area contributed by atoms with E-state index in [1.807, 2.05) is 60.7 Å². The van der Waals surface area contributed by atoms with Gasteiger partial charge in [0.15, 0.2) is 5.82 Å². The van der Waals surface area contributed by atoms with Crippen molar-refractivity contribution in [3.8, 4) is 56.3 Å². The fraction of sp³-hybridized carbons (Fsp3) is 0. The van der Waals surface area contributed by atoms with E-state index in [-0.39, 0.29) is 0 Å². The van der Waals surface area contributed by atoms with Crippen molar-refractivity contribution >= 4 is 43.6 Å². The van der Waals surface area contributed by atoms with E-state index in [0.29, 0.717) is 5.82 Å². The Bertz CT molecular complexity index is 2830. The summed E-state index contributed by atoms with van der Waals surface area (Å²) in [4.78, 5) is 15.3. The van der Waals surface area contributed by atoms with E-state index in [2.05, 4.69) is 115 Å². The lowest BCUT2D eigenvalue weighted by atomic mass is 9.96. The van der Waals surface area contributed by atoms with Crippen LogP contribution in [0.1, 0.15) is 0 Å². The fourth-order valence-corrected chi connectivity index (χ4v) is 7.18. The third-order valence-corrected chi connectivity index (χ3v) is 9.69. The molecular weight excluding hydrogens is 623 g/mol. The predicted octanol–water partition coefficient (Wildman–Crippen LogP) is 12.4. The maximum atomic E-state index is 6.65. The molecule has 0 amide bonds. The molecule has 0 bridgehead atoms. The van der Waals surface area contributed by atoms with Gasteiger partial charge in [-0.1, -0.05) is 152 Å². The summed E-state index contributed by atoms with van der Waals surface area (Å²) >= 11 is 0. The van der Waals surface area contributed by atoms with Crippen LogP contribution in [0, 0.1) is 0 Å². The molecule has 3 aromatic heterocycles. The Morgan fingerprint density at radius 1 is 0.392 bits per heavy atom. The molecule has 3 heterocycles. The summed E-state index contributed by atoms with van der Waals surface area (Å²) in [5.41, 5.74) is 11.6. The molecule has 0 saturated heterocycles. The van der Waals surface area contributed by atoms with E-state index in [1.54, 1.807) is 0 Å². The Hall–Kier alpha value is -6.91. The largest absolute Gasteiger partial charge is 0.455 e. The molecule has 51 heavy (non-hydrogen) atoms. The second-order valence-corrected chi connectivity index (χ2v) is 12.8. The normalized spacial score (nSPS) is 11.5. The molecule has 0 N–H and O–H groups in total. The number of rotatable bonds is 5. The van der Waals surface area contributed by atoms with E-state index < -0.39 is 0 Å². The van der Waals surface area contributed by atoms with Crippen molar-refractivity contribution in [1.82, 2.24) is 15.0 Å². The van der Waals surface area contributed by atoms with Crippen LogP contribution < -0.4 is 0 Å². The van der Waals surface area contributed by atoms with E-state index in [0.717, 1.165) is 77.7 Å². The molecule has 4 nitrogen and oxygen atoms in total. The topological polar surface area (TPSA) is 51.8 Å². The van der Waals surface area contributed by atoms with Crippen LogP contribution in [0.5, 0.6) is 0 Å². The lowest BCUT2D eigenvalue weighted by Crippen LogP contribution is -1.96. The number of benzene rings is 7. The van der Waals surface area contributed by atoms with Crippen LogP contribution in [0.3, 0.4) is 0 Å². The van der Waals surface area contributed by atoms with Gasteiger partial charge in [-0.15, -0.1) is 0 Å². The van der Waals surface area contributed by atoms with Crippen molar-refractivity contribution in [1.29, 1.82) is 0 Å². The summed E-state index contributed by atoms with van der Waals surface area (Å²) in [6.45, 7) is 0. The highest BCUT2D eigenvalue weighted by atomic mass is 16.3. The molecule has 0 unspecified atom stereocenters. The number of hydrogen-bond acceptors (Lipinski definition) is 4. The SMILES string of the molecule is c1ccc(-c2cc(-c3ccc(-c4nc5ccc(-c6cccc7ccccc67)cc5c5oc6ccccc6c45)cc3)nc(-c3ccccc3)n2)cc1. The number of hydrogen-bond donors (Lipinski definition) is 0. The average molecular weight is 652 g/mol. The molecule has 0 aliphatic rings. The Balaban J connectivity index is 1.12. The minimum absolute atomic E-state index is 0.696. The monoisotopic (exact) mass is 651 g/mol. The van der Waals surface area contributed by atoms with Gasteiger partial charge in [-0.3, -0.25) is 0 Å². The summed E-state index contributed by atoms with van der Waals surface area (Å²) in [7, 11) is 0. The van der Waals surface area contributed by atoms with Gasteiger partial charge >= 0.3 is 0 Å². The lowest BCUT2D eigenvalue weighted by molar-refractivity contribution is 0.672. The molecule has 0 radical (unpaired) electrons. The maximum absolute atomic E-state index is 6.65. The molecule has 238 valence electrons. The van der Waals surface area contributed by atoms with Crippen LogP contribution in [0.4, 0.5) is 0 Å². The minimum Gasteiger partial charge on any atom is -0.455 e. The first-order valence-corrected chi connectivity index (χ1v) is 17.1. The molecule has 0 saturated carbocycles. The van der Waals surface area contributed by atoms with Crippen LogP contribution >= 0.6 is 0 Å². The van der Waals surface area contributed by atoms with Gasteiger partial charge in [-0.25, -0.2) is 15.0 Å². The first-order valence-electron chi connectivity index (χ1n) is 17.1. The highest BCUT2D eigenvalue weighted by Gasteiger charge is 2.19. The summed E-state index contributed by atoms with van der Waals surface area (Å²) < 4.78 is 6.65. The van der Waals surface area contributed by atoms with Crippen LogP contribution in [-0.2, 0) is 0 Å². The number of furan rings is 1. The summed E-state index contributed by atoms with van der Waals surface area (Å²) in [6, 6.07) is 60.8. The van der Waals surface area contributed by atoms with Crippen molar-refractivity contribution in [3.05, 3.63) is 176 Å². The molecule has 0 aliphatic heterocycles. The second kappa shape index (κ2) is 11.9. The Kier molecular flexibility index (Phi) is 6.78. The Labute approximate surface area is 294 Å². The lowest BCUT2D eigenvalue weighted by Gasteiger charge is -2.11. The zero-order valence-electron chi connectivity index (χ0n) is 27.5. The average Bonchev–Trinajstić information content (AvgIpc) is 3.61. The molecule has 0 aliphatic carbocycles. The van der Waals surface area contributed by atoms with Crippen molar-refractivity contribution in [2.75, 3.05) is 0 Å². The van der Waals surface area contributed by atoms with Crippen LogP contribution in [0.25, 0.3) is 99.9 Å². The molecule has 0 fully saturated rings. The van der Waals surface area contributed by atoms with Crippen LogP contribution in [-0.4, -0.2) is 15.0 Å². The number of para-hydroxylation sites is 1. The number of fused-ring (bicyclic) bond motifs is 6. The van der Waals surface area contributed by atoms with Crippen molar-refractivity contribution in [2.45, 2.75) is 0 Å². The van der Waals surface area contributed by atoms with Crippen molar-refractivity contribution in [3.63, 3.8) is 0 Å². The summed E-state index contributed by atoms with van der Waals surface area (Å²) in [5.74, 6) is 0.696. The molecule has 0 spiro atoms. The van der Waals surface area contributed by atoms with Crippen molar-refractivity contribution < 1.29 is 4.42 Å². The van der Waals surface area contributed by atoms with E-state index in [4.69, 9.17) is 19.4 Å². The molecular formula is C47H29N3O. The van der Waals surface area contributed by atoms with Gasteiger partial charge in [0.25, 0.3) is 0 Å². The van der Waals surface area contributed by atoms with Crippen molar-refractivity contribution in [2.24, 2.45) is 0 Å². The zero-order valence-corrected chi connectivity index (χ0v) is 27.5. The van der Waals surface area contributed by atoms with E-state index >= 15 is 0 Å². The van der Waals surface area contributed by atoms with Gasteiger partial charge in [0.2, 0.25) is 0 Å². The molecule has 10 rings (SSSR count). The molecule has 10 aromatic rings. The quantitative estimate of drug-likeness (QED) is 0.186. The van der Waals surface area contributed by atoms with Gasteiger partial charge in [-0.05, 0) is 46.2 Å². The van der Waals surface area contributed by atoms with E-state index in [1.165, 1.54) is 16.3 Å². The Morgan fingerprint density at radius 2 is 1.00 bits per heavy atom. The van der Waals surface area contributed by atoms with Crippen LogP contribution in [0.15, 0.2) is 180 Å². The molecule has 0 atom stereocenters. The van der Waals surface area contributed by atoms with Gasteiger partial charge < -0.3 is 4.42 Å². The first-order chi connectivity index (χ1) is 25.3. The minimum atomic E-state index is 0.696. The molecule has 4 heteroatoms. The highest BCUT2D eigenvalue weighted by Crippen LogP contribution is 2.41. The summed E-state index contributed by atoms with van der Waals surface area (Å²) in [6.07, 6.45) is 0. The number of nitrogens with zero attached hydrogens (tertiary/aromatic N) is 3. The number of aromatic nitrogens is 3. The highest BCUT2D eigenvalue weighted by molar-refractivity contribution is 6.19. The Morgan fingerprint density at radius 3 is 1.78 bits per heavy atom. The summed E-state index contributed by atoms with van der Waals surface area (Å²) in [5, 5.41) is 5.50. The standard InChI is InChI=1S/C47H29N3O/c1-3-13-31(14-4-1)41-29-42(50-47(49-41)34-15-5-2-6-16-34)32-22-24-33(25-23-32)45-44-38-19-9-10-21-43(38)51-46(44)39-28-35(26-27-40(39)48-45)37-20-11-17-30-12-7-8-18-36(30)37/h1-29H. The smallest absolute Gasteiger partial charge is 0.160 e. The van der Waals surface area contributed by atoms with Gasteiger partial charge in [0.1, 0.15) is 11.2 Å².